The van der Waals surface area contributed by atoms with Gasteiger partial charge in [0, 0.05) is 16.1 Å². The molecule has 0 unspecified atom stereocenters. The van der Waals surface area contributed by atoms with Crippen LogP contribution < -0.4 is 20.1 Å². The number of hydrogen-bond donors (Lipinski definition) is 2. The van der Waals surface area contributed by atoms with Crippen molar-refractivity contribution in [3.8, 4) is 17.2 Å². The average molecular weight is 654 g/mol. The summed E-state index contributed by atoms with van der Waals surface area (Å²) >= 11 is 2.55. The van der Waals surface area contributed by atoms with E-state index in [1.807, 2.05) is 0 Å². The maximum Gasteiger partial charge on any atom is 0.341 e. The number of aryl methyl sites for hydroxylation is 1. The van der Waals surface area contributed by atoms with Gasteiger partial charge in [0.05, 0.1) is 38.2 Å². The van der Waals surface area contributed by atoms with Crippen LogP contribution in [-0.4, -0.2) is 58.6 Å². The molecule has 2 aromatic carbocycles. The molecule has 45 heavy (non-hydrogen) atoms. The number of amides is 2. The number of aromatic nitrogens is 3. The van der Waals surface area contributed by atoms with Crippen molar-refractivity contribution < 1.29 is 33.0 Å². The molecule has 11 nitrogen and oxygen atoms in total. The molecule has 0 fully saturated rings. The van der Waals surface area contributed by atoms with Gasteiger partial charge in [-0.1, -0.05) is 11.8 Å². The minimum absolute atomic E-state index is 0.0116. The summed E-state index contributed by atoms with van der Waals surface area (Å²) < 4.78 is 31.3. The number of esters is 1. The number of nitrogens with one attached hydrogen (secondary N) is 2. The van der Waals surface area contributed by atoms with Gasteiger partial charge in [-0.25, -0.2) is 9.18 Å². The number of methoxy groups -OCH3 is 2. The van der Waals surface area contributed by atoms with Gasteiger partial charge in [-0.3, -0.25) is 14.2 Å². The molecule has 2 amide bonds. The fourth-order valence-corrected chi connectivity index (χ4v) is 7.08. The molecule has 1 aliphatic carbocycles. The lowest BCUT2D eigenvalue weighted by atomic mass is 10.1. The SMILES string of the molecule is CCOC(=O)c1c(NC(=O)[C@@H](C)Sc2nnc(CNC(=O)c3ccc(OC)c(OC)c3)n2-c2ccc(F)cc2)sc2c1CCC2. The van der Waals surface area contributed by atoms with Gasteiger partial charge in [0.25, 0.3) is 5.91 Å². The second kappa shape index (κ2) is 14.1. The first-order valence-electron chi connectivity index (χ1n) is 14.2. The summed E-state index contributed by atoms with van der Waals surface area (Å²) in [5.74, 6) is -0.308. The molecule has 4 aromatic rings. The lowest BCUT2D eigenvalue weighted by Crippen LogP contribution is -2.25. The zero-order valence-electron chi connectivity index (χ0n) is 25.1. The molecule has 0 radical (unpaired) electrons. The molecule has 0 bridgehead atoms. The van der Waals surface area contributed by atoms with Gasteiger partial charge in [0.15, 0.2) is 22.5 Å². The van der Waals surface area contributed by atoms with Gasteiger partial charge >= 0.3 is 5.97 Å². The summed E-state index contributed by atoms with van der Waals surface area (Å²) in [4.78, 5) is 40.2. The fraction of sp³-hybridized carbons (Fsp3) is 0.323. The number of anilines is 1. The van der Waals surface area contributed by atoms with Gasteiger partial charge in [0.1, 0.15) is 10.8 Å². The van der Waals surface area contributed by atoms with Crippen molar-refractivity contribution in [3.05, 3.63) is 75.7 Å². The standard InChI is InChI=1S/C31H32FN5O6S2/c1-5-43-30(40)26-21-7-6-8-24(21)45-29(26)34-27(38)17(2)44-31-36-35-25(37(31)20-12-10-19(32)11-13-20)16-33-28(39)18-9-14-22(41-3)23(15-18)42-4/h9-15,17H,5-8,16H2,1-4H3,(H,33,39)(H,34,38)/t17-/m1/s1. The third-order valence-electron chi connectivity index (χ3n) is 7.13. The van der Waals surface area contributed by atoms with E-state index in [4.69, 9.17) is 14.2 Å². The highest BCUT2D eigenvalue weighted by Gasteiger charge is 2.30. The number of carbonyl (C=O) groups is 3. The molecular formula is C31H32FN5O6S2. The van der Waals surface area contributed by atoms with Crippen LogP contribution in [0.3, 0.4) is 0 Å². The number of carbonyl (C=O) groups excluding carboxylic acids is 3. The minimum atomic E-state index is -0.658. The molecule has 0 saturated heterocycles. The second-order valence-corrected chi connectivity index (χ2v) is 12.4. The topological polar surface area (TPSA) is 134 Å². The van der Waals surface area contributed by atoms with Crippen LogP contribution in [0.5, 0.6) is 11.5 Å². The Kier molecular flexibility index (Phi) is 10.0. The molecule has 0 aliphatic heterocycles. The third kappa shape index (κ3) is 6.96. The molecule has 0 saturated carbocycles. The fourth-order valence-electron chi connectivity index (χ4n) is 4.92. The van der Waals surface area contributed by atoms with Crippen molar-refractivity contribution in [1.29, 1.82) is 0 Å². The van der Waals surface area contributed by atoms with Crippen LogP contribution in [0.15, 0.2) is 47.6 Å². The van der Waals surface area contributed by atoms with Crippen molar-refractivity contribution >= 4 is 45.9 Å². The monoisotopic (exact) mass is 653 g/mol. The first kappa shape index (κ1) is 32.0. The van der Waals surface area contributed by atoms with Crippen molar-refractivity contribution in [2.45, 2.75) is 50.1 Å². The molecule has 1 atom stereocenters. The van der Waals surface area contributed by atoms with E-state index in [0.29, 0.717) is 44.3 Å². The van der Waals surface area contributed by atoms with Crippen molar-refractivity contribution in [1.82, 2.24) is 20.1 Å². The van der Waals surface area contributed by atoms with E-state index in [1.54, 1.807) is 48.7 Å². The van der Waals surface area contributed by atoms with Crippen LogP contribution >= 0.6 is 23.1 Å². The lowest BCUT2D eigenvalue weighted by molar-refractivity contribution is -0.115. The van der Waals surface area contributed by atoms with Gasteiger partial charge in [0.2, 0.25) is 5.91 Å². The lowest BCUT2D eigenvalue weighted by Gasteiger charge is -2.15. The average Bonchev–Trinajstić information content (AvgIpc) is 3.74. The smallest absolute Gasteiger partial charge is 0.341 e. The van der Waals surface area contributed by atoms with Crippen molar-refractivity contribution in [3.63, 3.8) is 0 Å². The Hall–Kier alpha value is -4.43. The van der Waals surface area contributed by atoms with Crippen LogP contribution in [0.25, 0.3) is 5.69 Å². The zero-order chi connectivity index (χ0) is 32.1. The number of ether oxygens (including phenoxy) is 3. The number of benzene rings is 2. The largest absolute Gasteiger partial charge is 0.493 e. The minimum Gasteiger partial charge on any atom is -0.493 e. The number of hydrogen-bond acceptors (Lipinski definition) is 10. The van der Waals surface area contributed by atoms with Crippen molar-refractivity contribution in [2.75, 3.05) is 26.1 Å². The summed E-state index contributed by atoms with van der Waals surface area (Å²) in [7, 11) is 2.99. The summed E-state index contributed by atoms with van der Waals surface area (Å²) in [6.07, 6.45) is 2.59. The van der Waals surface area contributed by atoms with E-state index in [9.17, 15) is 18.8 Å². The van der Waals surface area contributed by atoms with E-state index in [2.05, 4.69) is 20.8 Å². The van der Waals surface area contributed by atoms with Crippen LogP contribution in [0, 0.1) is 5.82 Å². The Morgan fingerprint density at radius 3 is 2.53 bits per heavy atom. The predicted molar refractivity (Wildman–Crippen MR) is 168 cm³/mol. The Morgan fingerprint density at radius 1 is 1.07 bits per heavy atom. The number of fused-ring (bicyclic) bond motifs is 1. The van der Waals surface area contributed by atoms with E-state index in [0.717, 1.165) is 41.5 Å². The first-order valence-corrected chi connectivity index (χ1v) is 15.9. The third-order valence-corrected chi connectivity index (χ3v) is 9.38. The predicted octanol–water partition coefficient (Wildman–Crippen LogP) is 5.20. The van der Waals surface area contributed by atoms with Gasteiger partial charge < -0.3 is 24.8 Å². The first-order chi connectivity index (χ1) is 21.7. The van der Waals surface area contributed by atoms with Gasteiger partial charge in [-0.05, 0) is 81.1 Å². The number of nitrogens with zero attached hydrogens (tertiary/aromatic N) is 3. The Bertz CT molecular complexity index is 1720. The maximum absolute atomic E-state index is 13.8. The number of thioether (sulfide) groups is 1. The number of thiophene rings is 1. The maximum atomic E-state index is 13.8. The summed E-state index contributed by atoms with van der Waals surface area (Å²) in [6.45, 7) is 3.68. The van der Waals surface area contributed by atoms with E-state index >= 15 is 0 Å². The summed E-state index contributed by atoms with van der Waals surface area (Å²) in [5, 5.41) is 14.5. The molecule has 14 heteroatoms. The van der Waals surface area contributed by atoms with Crippen LogP contribution in [0.4, 0.5) is 9.39 Å². The molecule has 2 heterocycles. The zero-order valence-corrected chi connectivity index (χ0v) is 26.8. The van der Waals surface area contributed by atoms with Crippen LogP contribution in [0.1, 0.15) is 57.2 Å². The molecule has 0 spiro atoms. The highest BCUT2D eigenvalue weighted by molar-refractivity contribution is 8.00. The second-order valence-electron chi connectivity index (χ2n) is 9.99. The molecule has 2 aromatic heterocycles. The Balaban J connectivity index is 1.35. The van der Waals surface area contributed by atoms with Gasteiger partial charge in [-0.2, -0.15) is 0 Å². The molecule has 236 valence electrons. The van der Waals surface area contributed by atoms with E-state index in [1.165, 1.54) is 37.7 Å². The molecule has 1 aliphatic rings. The normalized spacial score (nSPS) is 12.7. The van der Waals surface area contributed by atoms with Crippen LogP contribution in [-0.2, 0) is 28.9 Å². The number of halogens is 1. The molecule has 2 N–H and O–H groups in total. The molecule has 5 rings (SSSR count). The summed E-state index contributed by atoms with van der Waals surface area (Å²) in [5.41, 5.74) is 2.28. The highest BCUT2D eigenvalue weighted by Crippen LogP contribution is 2.40. The molecular weight excluding hydrogens is 622 g/mol. The summed E-state index contributed by atoms with van der Waals surface area (Å²) in [6, 6.07) is 10.5. The van der Waals surface area contributed by atoms with Gasteiger partial charge in [-0.15, -0.1) is 21.5 Å². The highest BCUT2D eigenvalue weighted by atomic mass is 32.2. The Morgan fingerprint density at radius 2 is 1.82 bits per heavy atom. The van der Waals surface area contributed by atoms with Crippen molar-refractivity contribution in [2.24, 2.45) is 0 Å². The quantitative estimate of drug-likeness (QED) is 0.156. The Labute approximate surface area is 267 Å². The number of rotatable bonds is 12. The van der Waals surface area contributed by atoms with E-state index in [-0.39, 0.29) is 25.0 Å². The van der Waals surface area contributed by atoms with Crippen LogP contribution in [0.2, 0.25) is 0 Å². The van der Waals surface area contributed by atoms with E-state index < -0.39 is 17.0 Å².